The summed E-state index contributed by atoms with van der Waals surface area (Å²) in [5.74, 6) is 0.143. The van der Waals surface area contributed by atoms with Gasteiger partial charge in [-0.25, -0.2) is 8.42 Å². The van der Waals surface area contributed by atoms with Crippen molar-refractivity contribution in [3.8, 4) is 0 Å². The standard InChI is InChI=1S/C9H17N3O2S/c1-3-5-6-12-7-9(10-11-12)8-15(13,14)4-2/h7H,3-6,8H2,1-2H3. The third-order valence-electron chi connectivity index (χ3n) is 2.13. The first-order valence-corrected chi connectivity index (χ1v) is 6.99. The lowest BCUT2D eigenvalue weighted by molar-refractivity contribution is 0.553. The van der Waals surface area contributed by atoms with E-state index in [1.807, 2.05) is 0 Å². The predicted octanol–water partition coefficient (Wildman–Crippen LogP) is 1.01. The van der Waals surface area contributed by atoms with E-state index in [0.717, 1.165) is 19.4 Å². The fourth-order valence-electron chi connectivity index (χ4n) is 1.16. The maximum atomic E-state index is 11.3. The Kier molecular flexibility index (Phi) is 4.26. The molecule has 0 N–H and O–H groups in total. The summed E-state index contributed by atoms with van der Waals surface area (Å²) in [4.78, 5) is 0. The summed E-state index contributed by atoms with van der Waals surface area (Å²) in [5, 5.41) is 7.71. The lowest BCUT2D eigenvalue weighted by Gasteiger charge is -1.96. The van der Waals surface area contributed by atoms with Gasteiger partial charge in [0.2, 0.25) is 0 Å². The van der Waals surface area contributed by atoms with Crippen LogP contribution < -0.4 is 0 Å². The smallest absolute Gasteiger partial charge is 0.155 e. The highest BCUT2D eigenvalue weighted by Crippen LogP contribution is 2.03. The van der Waals surface area contributed by atoms with Crippen molar-refractivity contribution >= 4 is 9.84 Å². The molecule has 1 heterocycles. The molecule has 86 valence electrons. The van der Waals surface area contributed by atoms with Gasteiger partial charge in [0, 0.05) is 18.5 Å². The second kappa shape index (κ2) is 5.25. The van der Waals surface area contributed by atoms with Gasteiger partial charge in [-0.1, -0.05) is 25.5 Å². The van der Waals surface area contributed by atoms with Crippen LogP contribution in [0.25, 0.3) is 0 Å². The minimum atomic E-state index is -3.00. The van der Waals surface area contributed by atoms with Crippen molar-refractivity contribution in [1.29, 1.82) is 0 Å². The van der Waals surface area contributed by atoms with Crippen LogP contribution in [-0.4, -0.2) is 29.2 Å². The first kappa shape index (κ1) is 12.2. The van der Waals surface area contributed by atoms with Crippen molar-refractivity contribution < 1.29 is 8.42 Å². The van der Waals surface area contributed by atoms with E-state index in [9.17, 15) is 8.42 Å². The highest BCUT2D eigenvalue weighted by molar-refractivity contribution is 7.90. The van der Waals surface area contributed by atoms with Crippen LogP contribution in [0.15, 0.2) is 6.20 Å². The van der Waals surface area contributed by atoms with Crippen LogP contribution in [0.3, 0.4) is 0 Å². The van der Waals surface area contributed by atoms with Crippen molar-refractivity contribution in [3.05, 3.63) is 11.9 Å². The Labute approximate surface area is 90.4 Å². The van der Waals surface area contributed by atoms with Crippen molar-refractivity contribution in [3.63, 3.8) is 0 Å². The summed E-state index contributed by atoms with van der Waals surface area (Å²) < 4.78 is 24.3. The lowest BCUT2D eigenvalue weighted by Crippen LogP contribution is -2.06. The molecule has 0 spiro atoms. The fourth-order valence-corrected chi connectivity index (χ4v) is 1.95. The largest absolute Gasteiger partial charge is 0.252 e. The molecule has 15 heavy (non-hydrogen) atoms. The zero-order valence-corrected chi connectivity index (χ0v) is 10.00. The molecule has 0 aliphatic heterocycles. The van der Waals surface area contributed by atoms with Gasteiger partial charge in [-0.3, -0.25) is 4.68 Å². The lowest BCUT2D eigenvalue weighted by atomic mass is 10.3. The molecule has 0 unspecified atom stereocenters. The van der Waals surface area contributed by atoms with Crippen molar-refractivity contribution in [2.45, 2.75) is 39.0 Å². The van der Waals surface area contributed by atoms with Crippen LogP contribution in [-0.2, 0) is 22.1 Å². The Hall–Kier alpha value is -0.910. The molecular formula is C9H17N3O2S. The van der Waals surface area contributed by atoms with Crippen LogP contribution in [0, 0.1) is 0 Å². The van der Waals surface area contributed by atoms with Crippen molar-refractivity contribution in [2.24, 2.45) is 0 Å². The third kappa shape index (κ3) is 3.99. The summed E-state index contributed by atoms with van der Waals surface area (Å²) in [7, 11) is -3.00. The molecule has 6 heteroatoms. The van der Waals surface area contributed by atoms with Gasteiger partial charge in [-0.15, -0.1) is 5.10 Å². The number of rotatable bonds is 6. The van der Waals surface area contributed by atoms with E-state index in [1.54, 1.807) is 17.8 Å². The van der Waals surface area contributed by atoms with E-state index in [2.05, 4.69) is 17.2 Å². The van der Waals surface area contributed by atoms with Gasteiger partial charge in [0.15, 0.2) is 9.84 Å². The molecule has 0 atom stereocenters. The average Bonchev–Trinajstić information content (AvgIpc) is 2.62. The van der Waals surface area contributed by atoms with Gasteiger partial charge in [0.25, 0.3) is 0 Å². The molecule has 1 rings (SSSR count). The maximum Gasteiger partial charge on any atom is 0.155 e. The van der Waals surface area contributed by atoms with Gasteiger partial charge >= 0.3 is 0 Å². The highest BCUT2D eigenvalue weighted by Gasteiger charge is 2.11. The predicted molar refractivity (Wildman–Crippen MR) is 58.1 cm³/mol. The molecule has 1 aromatic heterocycles. The minimum absolute atomic E-state index is 0.00434. The molecule has 0 fully saturated rings. The summed E-state index contributed by atoms with van der Waals surface area (Å²) in [5.41, 5.74) is 0.535. The van der Waals surface area contributed by atoms with E-state index in [0.29, 0.717) is 5.69 Å². The van der Waals surface area contributed by atoms with Crippen LogP contribution in [0.5, 0.6) is 0 Å². The molecular weight excluding hydrogens is 214 g/mol. The summed E-state index contributed by atoms with van der Waals surface area (Å²) in [6.07, 6.45) is 3.83. The third-order valence-corrected chi connectivity index (χ3v) is 3.75. The molecule has 0 radical (unpaired) electrons. The Morgan fingerprint density at radius 3 is 2.73 bits per heavy atom. The molecule has 0 saturated heterocycles. The topological polar surface area (TPSA) is 64.8 Å². The number of aromatic nitrogens is 3. The normalized spacial score (nSPS) is 11.9. The zero-order chi connectivity index (χ0) is 11.3. The van der Waals surface area contributed by atoms with Crippen LogP contribution in [0.2, 0.25) is 0 Å². The molecule has 1 aromatic rings. The molecule has 5 nitrogen and oxygen atoms in total. The van der Waals surface area contributed by atoms with Crippen LogP contribution >= 0.6 is 0 Å². The zero-order valence-electron chi connectivity index (χ0n) is 9.18. The highest BCUT2D eigenvalue weighted by atomic mass is 32.2. The number of sulfone groups is 1. The van der Waals surface area contributed by atoms with E-state index >= 15 is 0 Å². The number of nitrogens with zero attached hydrogens (tertiary/aromatic N) is 3. The molecule has 0 aliphatic rings. The first-order valence-electron chi connectivity index (χ1n) is 5.17. The van der Waals surface area contributed by atoms with E-state index in [1.165, 1.54) is 0 Å². The SMILES string of the molecule is CCCCn1cc(CS(=O)(=O)CC)nn1. The Balaban J connectivity index is 2.60. The Morgan fingerprint density at radius 2 is 2.13 bits per heavy atom. The fraction of sp³-hybridized carbons (Fsp3) is 0.778. The summed E-state index contributed by atoms with van der Waals surface area (Å²) in [6, 6.07) is 0. The molecule has 0 aromatic carbocycles. The van der Waals surface area contributed by atoms with Gasteiger partial charge in [-0.05, 0) is 6.42 Å². The van der Waals surface area contributed by atoms with Crippen LogP contribution in [0.1, 0.15) is 32.4 Å². The van der Waals surface area contributed by atoms with E-state index in [4.69, 9.17) is 0 Å². The second-order valence-corrected chi connectivity index (χ2v) is 5.86. The van der Waals surface area contributed by atoms with Crippen molar-refractivity contribution in [2.75, 3.05) is 5.75 Å². The minimum Gasteiger partial charge on any atom is -0.252 e. The van der Waals surface area contributed by atoms with Crippen molar-refractivity contribution in [1.82, 2.24) is 15.0 Å². The number of hydrogen-bond acceptors (Lipinski definition) is 4. The Bertz CT molecular complexity index is 397. The average molecular weight is 231 g/mol. The van der Waals surface area contributed by atoms with Gasteiger partial charge in [0.1, 0.15) is 0 Å². The monoisotopic (exact) mass is 231 g/mol. The molecule has 0 amide bonds. The second-order valence-electron chi connectivity index (χ2n) is 3.50. The van der Waals surface area contributed by atoms with Gasteiger partial charge < -0.3 is 0 Å². The first-order chi connectivity index (χ1) is 7.07. The van der Waals surface area contributed by atoms with Gasteiger partial charge in [-0.2, -0.15) is 0 Å². The number of unbranched alkanes of at least 4 members (excludes halogenated alkanes) is 1. The van der Waals surface area contributed by atoms with E-state index in [-0.39, 0.29) is 11.5 Å². The maximum absolute atomic E-state index is 11.3. The van der Waals surface area contributed by atoms with E-state index < -0.39 is 9.84 Å². The molecule has 0 aliphatic carbocycles. The summed E-state index contributed by atoms with van der Waals surface area (Å²) in [6.45, 7) is 4.53. The number of aryl methyl sites for hydroxylation is 1. The quantitative estimate of drug-likeness (QED) is 0.733. The summed E-state index contributed by atoms with van der Waals surface area (Å²) >= 11 is 0. The molecule has 0 saturated carbocycles. The van der Waals surface area contributed by atoms with Gasteiger partial charge in [0.05, 0.1) is 11.4 Å². The van der Waals surface area contributed by atoms with Crippen LogP contribution in [0.4, 0.5) is 0 Å². The molecule has 0 bridgehead atoms. The number of hydrogen-bond donors (Lipinski definition) is 0. The Morgan fingerprint density at radius 1 is 1.40 bits per heavy atom.